The molecule has 2 heteroatoms. The highest BCUT2D eigenvalue weighted by Gasteiger charge is 2.14. The van der Waals surface area contributed by atoms with Crippen molar-refractivity contribution in [2.24, 2.45) is 11.7 Å². The van der Waals surface area contributed by atoms with Crippen molar-refractivity contribution in [1.82, 2.24) is 0 Å². The maximum absolute atomic E-state index is 11.9. The standard InChI is InChI=1S/C40H77NO/c1-3-5-7-9-11-13-15-17-19-20-21-22-23-24-26-28-30-32-34-36-38-39(40(41)42)37-35-33-31-29-27-25-18-16-14-12-10-8-6-4-2/h17-19,25,39H,3-16,20-24,26-38H2,1-2H3,(H2,41,42)/b19-17-,25-18-. The fraction of sp³-hybridized carbons (Fsp3) is 0.875. The first-order chi connectivity index (χ1) is 20.7. The lowest BCUT2D eigenvalue weighted by atomic mass is 9.93. The van der Waals surface area contributed by atoms with Gasteiger partial charge in [0.2, 0.25) is 5.91 Å². The first kappa shape index (κ1) is 41.0. The molecule has 0 saturated heterocycles. The molecule has 1 amide bonds. The van der Waals surface area contributed by atoms with Gasteiger partial charge in [-0.1, -0.05) is 179 Å². The molecular formula is C40H77NO. The van der Waals surface area contributed by atoms with E-state index in [1.165, 1.54) is 186 Å². The van der Waals surface area contributed by atoms with Gasteiger partial charge in [-0.05, 0) is 64.2 Å². The Morgan fingerprint density at radius 3 is 0.905 bits per heavy atom. The third kappa shape index (κ3) is 33.5. The first-order valence-corrected chi connectivity index (χ1v) is 19.3. The average Bonchev–Trinajstić information content (AvgIpc) is 2.99. The third-order valence-electron chi connectivity index (χ3n) is 9.03. The van der Waals surface area contributed by atoms with E-state index in [0.29, 0.717) is 0 Å². The third-order valence-corrected chi connectivity index (χ3v) is 9.03. The highest BCUT2D eigenvalue weighted by atomic mass is 16.1. The van der Waals surface area contributed by atoms with Crippen molar-refractivity contribution in [3.63, 3.8) is 0 Å². The Bertz CT molecular complexity index is 580. The summed E-state index contributed by atoms with van der Waals surface area (Å²) in [6, 6.07) is 0. The SMILES string of the molecule is CCCCCCCC/C=C\CCCCCCCCCCCCC(CCCCCC/C=C\CCCCCCCC)C(N)=O. The van der Waals surface area contributed by atoms with Gasteiger partial charge in [-0.3, -0.25) is 4.79 Å². The van der Waals surface area contributed by atoms with E-state index in [-0.39, 0.29) is 11.8 Å². The van der Waals surface area contributed by atoms with Gasteiger partial charge >= 0.3 is 0 Å². The van der Waals surface area contributed by atoms with Crippen LogP contribution in [0.3, 0.4) is 0 Å². The Morgan fingerprint density at radius 1 is 0.405 bits per heavy atom. The number of primary amides is 1. The summed E-state index contributed by atoms with van der Waals surface area (Å²) in [5, 5.41) is 0. The molecule has 0 rings (SSSR count). The first-order valence-electron chi connectivity index (χ1n) is 19.3. The Morgan fingerprint density at radius 2 is 0.643 bits per heavy atom. The molecule has 0 aromatic heterocycles. The van der Waals surface area contributed by atoms with Crippen LogP contribution in [0.2, 0.25) is 0 Å². The normalized spacial score (nSPS) is 12.6. The molecule has 0 aliphatic heterocycles. The van der Waals surface area contributed by atoms with Crippen molar-refractivity contribution in [3.05, 3.63) is 24.3 Å². The molecule has 0 spiro atoms. The summed E-state index contributed by atoms with van der Waals surface area (Å²) in [6.45, 7) is 4.57. The van der Waals surface area contributed by atoms with E-state index in [9.17, 15) is 4.79 Å². The fourth-order valence-electron chi connectivity index (χ4n) is 6.06. The zero-order valence-corrected chi connectivity index (χ0v) is 29.0. The summed E-state index contributed by atoms with van der Waals surface area (Å²) in [5.74, 6) is 0.0357. The van der Waals surface area contributed by atoms with Crippen LogP contribution in [-0.4, -0.2) is 5.91 Å². The number of carbonyl (C=O) groups excluding carboxylic acids is 1. The number of unbranched alkanes of at least 4 members (excludes halogenated alkanes) is 26. The van der Waals surface area contributed by atoms with E-state index >= 15 is 0 Å². The molecule has 0 heterocycles. The van der Waals surface area contributed by atoms with Gasteiger partial charge in [-0.2, -0.15) is 0 Å². The lowest BCUT2D eigenvalue weighted by Gasteiger charge is -2.13. The number of nitrogens with two attached hydrogens (primary N) is 1. The lowest BCUT2D eigenvalue weighted by Crippen LogP contribution is -2.23. The zero-order chi connectivity index (χ0) is 30.6. The van der Waals surface area contributed by atoms with Crippen LogP contribution >= 0.6 is 0 Å². The lowest BCUT2D eigenvalue weighted by molar-refractivity contribution is -0.122. The quantitative estimate of drug-likeness (QED) is 0.0581. The number of hydrogen-bond donors (Lipinski definition) is 1. The molecule has 0 aliphatic carbocycles. The van der Waals surface area contributed by atoms with Gasteiger partial charge in [0.05, 0.1) is 0 Å². The summed E-state index contributed by atoms with van der Waals surface area (Å²) >= 11 is 0. The van der Waals surface area contributed by atoms with Crippen molar-refractivity contribution in [2.75, 3.05) is 0 Å². The number of rotatable bonds is 35. The van der Waals surface area contributed by atoms with Crippen molar-refractivity contribution in [1.29, 1.82) is 0 Å². The van der Waals surface area contributed by atoms with Crippen molar-refractivity contribution < 1.29 is 4.79 Å². The molecule has 0 aromatic rings. The van der Waals surface area contributed by atoms with Gasteiger partial charge in [-0.25, -0.2) is 0 Å². The summed E-state index contributed by atoms with van der Waals surface area (Å²) < 4.78 is 0. The number of amides is 1. The van der Waals surface area contributed by atoms with Crippen LogP contribution in [0.1, 0.15) is 219 Å². The minimum atomic E-state index is -0.0686. The molecule has 248 valence electrons. The van der Waals surface area contributed by atoms with Crippen LogP contribution in [0.5, 0.6) is 0 Å². The number of hydrogen-bond acceptors (Lipinski definition) is 1. The van der Waals surface area contributed by atoms with Gasteiger partial charge in [-0.15, -0.1) is 0 Å². The smallest absolute Gasteiger partial charge is 0.220 e. The van der Waals surface area contributed by atoms with E-state index in [4.69, 9.17) is 5.73 Å². The minimum absolute atomic E-state index is 0.0686. The predicted octanol–water partition coefficient (Wildman–Crippen LogP) is 13.7. The van der Waals surface area contributed by atoms with Crippen LogP contribution in [0, 0.1) is 5.92 Å². The molecule has 42 heavy (non-hydrogen) atoms. The van der Waals surface area contributed by atoms with Crippen molar-refractivity contribution in [2.45, 2.75) is 219 Å². The molecule has 0 bridgehead atoms. The van der Waals surface area contributed by atoms with Gasteiger partial charge in [0, 0.05) is 5.92 Å². The molecule has 2 nitrogen and oxygen atoms in total. The van der Waals surface area contributed by atoms with E-state index in [2.05, 4.69) is 38.2 Å². The van der Waals surface area contributed by atoms with Crippen LogP contribution in [0.15, 0.2) is 24.3 Å². The predicted molar refractivity (Wildman–Crippen MR) is 190 cm³/mol. The minimum Gasteiger partial charge on any atom is -0.369 e. The second kappa shape index (κ2) is 36.1. The van der Waals surface area contributed by atoms with Gasteiger partial charge in [0.1, 0.15) is 0 Å². The van der Waals surface area contributed by atoms with Crippen LogP contribution < -0.4 is 5.73 Å². The molecule has 1 unspecified atom stereocenters. The maximum Gasteiger partial charge on any atom is 0.220 e. The second-order valence-electron chi connectivity index (χ2n) is 13.3. The Labute approximate surface area is 265 Å². The molecule has 0 saturated carbocycles. The summed E-state index contributed by atoms with van der Waals surface area (Å²) in [4.78, 5) is 11.9. The fourth-order valence-corrected chi connectivity index (χ4v) is 6.06. The summed E-state index contributed by atoms with van der Waals surface area (Å²) in [5.41, 5.74) is 5.72. The second-order valence-corrected chi connectivity index (χ2v) is 13.3. The summed E-state index contributed by atoms with van der Waals surface area (Å²) in [6.07, 6.45) is 51.8. The number of carbonyl (C=O) groups is 1. The largest absolute Gasteiger partial charge is 0.369 e. The Hall–Kier alpha value is -1.05. The molecular weight excluding hydrogens is 510 g/mol. The molecule has 0 aromatic carbocycles. The van der Waals surface area contributed by atoms with Gasteiger partial charge < -0.3 is 5.73 Å². The maximum atomic E-state index is 11.9. The van der Waals surface area contributed by atoms with Gasteiger partial charge in [0.25, 0.3) is 0 Å². The molecule has 1 atom stereocenters. The van der Waals surface area contributed by atoms with Crippen molar-refractivity contribution >= 4 is 5.91 Å². The van der Waals surface area contributed by atoms with Gasteiger partial charge in [0.15, 0.2) is 0 Å². The zero-order valence-electron chi connectivity index (χ0n) is 29.0. The Balaban J connectivity index is 3.43. The number of allylic oxidation sites excluding steroid dienone is 4. The van der Waals surface area contributed by atoms with Crippen LogP contribution in [-0.2, 0) is 4.79 Å². The van der Waals surface area contributed by atoms with E-state index in [0.717, 1.165) is 19.3 Å². The molecule has 0 fully saturated rings. The topological polar surface area (TPSA) is 43.1 Å². The Kier molecular flexibility index (Phi) is 35.2. The average molecular weight is 588 g/mol. The molecule has 0 aliphatic rings. The van der Waals surface area contributed by atoms with E-state index in [1.807, 2.05) is 0 Å². The van der Waals surface area contributed by atoms with Crippen LogP contribution in [0.4, 0.5) is 0 Å². The highest BCUT2D eigenvalue weighted by molar-refractivity contribution is 5.76. The van der Waals surface area contributed by atoms with E-state index < -0.39 is 0 Å². The van der Waals surface area contributed by atoms with Crippen LogP contribution in [0.25, 0.3) is 0 Å². The molecule has 2 N–H and O–H groups in total. The van der Waals surface area contributed by atoms with E-state index in [1.54, 1.807) is 0 Å². The molecule has 0 radical (unpaired) electrons. The highest BCUT2D eigenvalue weighted by Crippen LogP contribution is 2.19. The van der Waals surface area contributed by atoms with Crippen molar-refractivity contribution in [3.8, 4) is 0 Å². The monoisotopic (exact) mass is 588 g/mol. The summed E-state index contributed by atoms with van der Waals surface area (Å²) in [7, 11) is 0.